The summed E-state index contributed by atoms with van der Waals surface area (Å²) in [6, 6.07) is 14.5. The number of amides is 1. The second-order valence-corrected chi connectivity index (χ2v) is 5.67. The van der Waals surface area contributed by atoms with Crippen LogP contribution in [-0.2, 0) is 9.53 Å². The zero-order valence-corrected chi connectivity index (χ0v) is 14.4. The predicted octanol–water partition coefficient (Wildman–Crippen LogP) is 2.67. The van der Waals surface area contributed by atoms with Crippen LogP contribution < -0.4 is 15.4 Å². The van der Waals surface area contributed by atoms with E-state index in [1.165, 1.54) is 0 Å². The number of carbonyl (C=O) groups excluding carboxylic acids is 1. The Morgan fingerprint density at radius 3 is 2.75 bits per heavy atom. The third-order valence-corrected chi connectivity index (χ3v) is 3.51. The average molecular weight is 350 g/mol. The fourth-order valence-corrected chi connectivity index (χ4v) is 2.28. The van der Waals surface area contributed by atoms with Crippen molar-refractivity contribution in [3.63, 3.8) is 0 Å². The Morgan fingerprint density at radius 2 is 2.00 bits per heavy atom. The third kappa shape index (κ3) is 6.20. The molecule has 2 aromatic carbocycles. The van der Waals surface area contributed by atoms with Crippen molar-refractivity contribution in [2.75, 3.05) is 32.1 Å². The van der Waals surface area contributed by atoms with E-state index in [2.05, 4.69) is 5.32 Å². The molecule has 0 bridgehead atoms. The van der Waals surface area contributed by atoms with E-state index in [-0.39, 0.29) is 5.91 Å². The number of hydrogen-bond donors (Lipinski definition) is 2. The first-order valence-electron chi connectivity index (χ1n) is 7.82. The van der Waals surface area contributed by atoms with Crippen molar-refractivity contribution in [2.24, 2.45) is 0 Å². The second-order valence-electron chi connectivity index (χ2n) is 5.23. The molecular formula is C18H22ClN2O3+. The van der Waals surface area contributed by atoms with Crippen LogP contribution in [0.15, 0.2) is 48.5 Å². The van der Waals surface area contributed by atoms with Gasteiger partial charge in [-0.05, 0) is 30.3 Å². The van der Waals surface area contributed by atoms with Crippen LogP contribution in [0.25, 0.3) is 0 Å². The van der Waals surface area contributed by atoms with Crippen molar-refractivity contribution < 1.29 is 19.6 Å². The van der Waals surface area contributed by atoms with Crippen LogP contribution in [0.5, 0.6) is 11.5 Å². The summed E-state index contributed by atoms with van der Waals surface area (Å²) < 4.78 is 10.8. The predicted molar refractivity (Wildman–Crippen MR) is 94.8 cm³/mol. The maximum Gasteiger partial charge on any atom is 0.279 e. The van der Waals surface area contributed by atoms with Crippen LogP contribution in [0.1, 0.15) is 6.42 Å². The molecule has 0 aliphatic heterocycles. The van der Waals surface area contributed by atoms with Crippen molar-refractivity contribution in [2.45, 2.75) is 6.42 Å². The molecule has 0 saturated carbocycles. The Balaban J connectivity index is 1.95. The van der Waals surface area contributed by atoms with E-state index in [9.17, 15) is 4.79 Å². The van der Waals surface area contributed by atoms with E-state index in [4.69, 9.17) is 21.1 Å². The van der Waals surface area contributed by atoms with Crippen LogP contribution in [0.2, 0.25) is 5.02 Å². The average Bonchev–Trinajstić information content (AvgIpc) is 2.58. The number of quaternary nitrogens is 1. The largest absolute Gasteiger partial charge is 0.455 e. The van der Waals surface area contributed by atoms with Crippen molar-refractivity contribution in [1.29, 1.82) is 0 Å². The molecule has 0 aliphatic rings. The highest BCUT2D eigenvalue weighted by Gasteiger charge is 2.11. The van der Waals surface area contributed by atoms with Gasteiger partial charge in [-0.1, -0.05) is 29.8 Å². The summed E-state index contributed by atoms with van der Waals surface area (Å²) in [4.78, 5) is 12.1. The van der Waals surface area contributed by atoms with Crippen LogP contribution in [-0.4, -0.2) is 32.7 Å². The standard InChI is InChI=1S/C18H21ClN2O3/c1-23-11-5-10-20-13-18(22)21-16-12-14(19)8-9-17(16)24-15-6-3-2-4-7-15/h2-4,6-9,12,20H,5,10-11,13H2,1H3,(H,21,22)/p+1. The Kier molecular flexibility index (Phi) is 7.55. The van der Waals surface area contributed by atoms with Gasteiger partial charge in [0.1, 0.15) is 5.75 Å². The number of ether oxygens (including phenoxy) is 2. The van der Waals surface area contributed by atoms with Crippen molar-refractivity contribution in [1.82, 2.24) is 0 Å². The lowest BCUT2D eigenvalue weighted by atomic mass is 10.2. The zero-order chi connectivity index (χ0) is 17.2. The van der Waals surface area contributed by atoms with Crippen molar-refractivity contribution >= 4 is 23.2 Å². The van der Waals surface area contributed by atoms with Gasteiger partial charge >= 0.3 is 0 Å². The molecule has 2 aromatic rings. The van der Waals surface area contributed by atoms with Crippen LogP contribution in [0.3, 0.4) is 0 Å². The summed E-state index contributed by atoms with van der Waals surface area (Å²) in [5.41, 5.74) is 0.557. The molecular weight excluding hydrogens is 328 g/mol. The number of para-hydroxylation sites is 1. The molecule has 0 aromatic heterocycles. The highest BCUT2D eigenvalue weighted by Crippen LogP contribution is 2.31. The number of anilines is 1. The molecule has 0 fully saturated rings. The highest BCUT2D eigenvalue weighted by atomic mass is 35.5. The molecule has 1 amide bonds. The molecule has 0 radical (unpaired) electrons. The van der Waals surface area contributed by atoms with Gasteiger partial charge in [0, 0.05) is 18.6 Å². The first-order valence-corrected chi connectivity index (χ1v) is 8.20. The molecule has 0 saturated heterocycles. The second kappa shape index (κ2) is 9.93. The molecule has 5 nitrogen and oxygen atoms in total. The van der Waals surface area contributed by atoms with Crippen LogP contribution >= 0.6 is 11.6 Å². The van der Waals surface area contributed by atoms with Gasteiger partial charge in [-0.2, -0.15) is 0 Å². The number of rotatable bonds is 9. The lowest BCUT2D eigenvalue weighted by Crippen LogP contribution is -2.86. The minimum absolute atomic E-state index is 0.104. The van der Waals surface area contributed by atoms with Gasteiger partial charge in [0.15, 0.2) is 12.3 Å². The molecule has 2 rings (SSSR count). The number of hydrogen-bond acceptors (Lipinski definition) is 3. The monoisotopic (exact) mass is 349 g/mol. The summed E-state index contributed by atoms with van der Waals surface area (Å²) in [7, 11) is 1.67. The van der Waals surface area contributed by atoms with Gasteiger partial charge in [0.05, 0.1) is 18.8 Å². The smallest absolute Gasteiger partial charge is 0.279 e. The number of halogens is 1. The number of benzene rings is 2. The summed E-state index contributed by atoms with van der Waals surface area (Å²) in [5.74, 6) is 1.15. The SMILES string of the molecule is COCCC[NH2+]CC(=O)Nc1cc(Cl)ccc1Oc1ccccc1. The third-order valence-electron chi connectivity index (χ3n) is 3.27. The fourth-order valence-electron chi connectivity index (χ4n) is 2.11. The molecule has 0 spiro atoms. The molecule has 24 heavy (non-hydrogen) atoms. The summed E-state index contributed by atoms with van der Waals surface area (Å²) in [6.07, 6.45) is 0.906. The fraction of sp³-hybridized carbons (Fsp3) is 0.278. The van der Waals surface area contributed by atoms with Crippen molar-refractivity contribution in [3.05, 3.63) is 53.6 Å². The summed E-state index contributed by atoms with van der Waals surface area (Å²) in [5, 5.41) is 5.33. The molecule has 0 heterocycles. The lowest BCUT2D eigenvalue weighted by molar-refractivity contribution is -0.644. The molecule has 6 heteroatoms. The van der Waals surface area contributed by atoms with Gasteiger partial charge in [-0.3, -0.25) is 4.79 Å². The normalized spacial score (nSPS) is 10.4. The summed E-state index contributed by atoms with van der Waals surface area (Å²) >= 11 is 6.04. The van der Waals surface area contributed by atoms with Crippen LogP contribution in [0.4, 0.5) is 5.69 Å². The van der Waals surface area contributed by atoms with E-state index in [0.717, 1.165) is 13.0 Å². The molecule has 0 aliphatic carbocycles. The molecule has 0 atom stereocenters. The molecule has 128 valence electrons. The lowest BCUT2D eigenvalue weighted by Gasteiger charge is -2.12. The van der Waals surface area contributed by atoms with E-state index in [1.807, 2.05) is 35.6 Å². The highest BCUT2D eigenvalue weighted by molar-refractivity contribution is 6.31. The Hall–Kier alpha value is -2.08. The maximum atomic E-state index is 12.1. The van der Waals surface area contributed by atoms with E-state index in [1.54, 1.807) is 25.3 Å². The quantitative estimate of drug-likeness (QED) is 0.684. The number of methoxy groups -OCH3 is 1. The number of carbonyl (C=O) groups is 1. The number of nitrogens with two attached hydrogens (primary N) is 1. The molecule has 0 unspecified atom stereocenters. The van der Waals surface area contributed by atoms with Gasteiger partial charge in [0.25, 0.3) is 5.91 Å². The topological polar surface area (TPSA) is 64.2 Å². The van der Waals surface area contributed by atoms with E-state index in [0.29, 0.717) is 35.4 Å². The maximum absolute atomic E-state index is 12.1. The van der Waals surface area contributed by atoms with E-state index < -0.39 is 0 Å². The zero-order valence-electron chi connectivity index (χ0n) is 13.6. The van der Waals surface area contributed by atoms with Gasteiger partial charge in [0.2, 0.25) is 0 Å². The van der Waals surface area contributed by atoms with Gasteiger partial charge in [-0.15, -0.1) is 0 Å². The van der Waals surface area contributed by atoms with E-state index >= 15 is 0 Å². The van der Waals surface area contributed by atoms with Crippen LogP contribution in [0, 0.1) is 0 Å². The molecule has 3 N–H and O–H groups in total. The van der Waals surface area contributed by atoms with Gasteiger partial charge in [-0.25, -0.2) is 0 Å². The Bertz CT molecular complexity index is 650. The minimum atomic E-state index is -0.104. The number of nitrogens with one attached hydrogen (secondary N) is 1. The Labute approximate surface area is 146 Å². The minimum Gasteiger partial charge on any atom is -0.455 e. The van der Waals surface area contributed by atoms with Gasteiger partial charge < -0.3 is 20.1 Å². The summed E-state index contributed by atoms with van der Waals surface area (Å²) in [6.45, 7) is 1.87. The Morgan fingerprint density at radius 1 is 1.21 bits per heavy atom. The van der Waals surface area contributed by atoms with Crippen molar-refractivity contribution in [3.8, 4) is 11.5 Å². The first kappa shape index (κ1) is 18.3. The first-order chi connectivity index (χ1) is 11.7.